The Labute approximate surface area is 103 Å². The molecule has 1 aromatic carbocycles. The van der Waals surface area contributed by atoms with E-state index in [0.717, 1.165) is 10.1 Å². The van der Waals surface area contributed by atoms with Gasteiger partial charge >= 0.3 is 0 Å². The van der Waals surface area contributed by atoms with Gasteiger partial charge in [0.15, 0.2) is 5.16 Å². The number of hydrogen-bond donors (Lipinski definition) is 2. The summed E-state index contributed by atoms with van der Waals surface area (Å²) in [4.78, 5) is 7.87. The quantitative estimate of drug-likeness (QED) is 0.882. The summed E-state index contributed by atoms with van der Waals surface area (Å²) < 4.78 is 13.5. The minimum atomic E-state index is -0.706. The summed E-state index contributed by atoms with van der Waals surface area (Å²) in [5.41, 5.74) is 1.14. The van der Waals surface area contributed by atoms with E-state index in [4.69, 9.17) is 0 Å². The highest BCUT2D eigenvalue weighted by Crippen LogP contribution is 2.33. The Kier molecular flexibility index (Phi) is 3.49. The number of imidazole rings is 1. The summed E-state index contributed by atoms with van der Waals surface area (Å²) in [7, 11) is 0. The normalized spacial score (nSPS) is 12.7. The number of rotatable bonds is 3. The minimum Gasteiger partial charge on any atom is -0.389 e. The zero-order valence-electron chi connectivity index (χ0n) is 9.57. The first-order valence-corrected chi connectivity index (χ1v) is 6.05. The molecule has 17 heavy (non-hydrogen) atoms. The Bertz CT molecular complexity index is 511. The van der Waals surface area contributed by atoms with Gasteiger partial charge in [0, 0.05) is 17.3 Å². The molecule has 0 aliphatic heterocycles. The molecule has 90 valence electrons. The average molecular weight is 252 g/mol. The molecule has 0 saturated heterocycles. The van der Waals surface area contributed by atoms with E-state index in [1.807, 2.05) is 0 Å². The summed E-state index contributed by atoms with van der Waals surface area (Å²) >= 11 is 1.38. The van der Waals surface area contributed by atoms with Crippen LogP contribution in [0.2, 0.25) is 0 Å². The minimum absolute atomic E-state index is 0.301. The molecule has 0 unspecified atom stereocenters. The molecule has 1 heterocycles. The van der Waals surface area contributed by atoms with E-state index < -0.39 is 6.10 Å². The Morgan fingerprint density at radius 1 is 1.47 bits per heavy atom. The Hall–Kier alpha value is -1.33. The summed E-state index contributed by atoms with van der Waals surface area (Å²) in [5, 5.41) is 10.4. The van der Waals surface area contributed by atoms with Gasteiger partial charge in [0.05, 0.1) is 6.10 Å². The van der Waals surface area contributed by atoms with Gasteiger partial charge in [-0.3, -0.25) is 0 Å². The number of halogens is 1. The molecule has 0 spiro atoms. The molecule has 2 rings (SSSR count). The number of aliphatic hydroxyl groups is 1. The van der Waals surface area contributed by atoms with Gasteiger partial charge in [0.25, 0.3) is 0 Å². The van der Waals surface area contributed by atoms with Crippen molar-refractivity contribution in [2.24, 2.45) is 0 Å². The standard InChI is InChI=1S/C12H13FN2OS/c1-7-5-11(17-12-14-3-4-15-12)9(8(2)16)6-10(7)13/h3-6,8,16H,1-2H3,(H,14,15)/t8-/m1/s1. The van der Waals surface area contributed by atoms with Gasteiger partial charge in [-0.15, -0.1) is 0 Å². The van der Waals surface area contributed by atoms with E-state index in [1.54, 1.807) is 32.3 Å². The smallest absolute Gasteiger partial charge is 0.170 e. The van der Waals surface area contributed by atoms with Crippen LogP contribution < -0.4 is 0 Å². The number of benzene rings is 1. The maximum atomic E-state index is 13.5. The fourth-order valence-corrected chi connectivity index (χ4v) is 2.53. The lowest BCUT2D eigenvalue weighted by Gasteiger charge is -2.12. The zero-order chi connectivity index (χ0) is 12.4. The second-order valence-electron chi connectivity index (χ2n) is 3.81. The topological polar surface area (TPSA) is 48.9 Å². The predicted octanol–water partition coefficient (Wildman–Crippen LogP) is 3.06. The van der Waals surface area contributed by atoms with E-state index in [9.17, 15) is 9.50 Å². The number of aromatic amines is 1. The number of nitrogens with one attached hydrogen (secondary N) is 1. The van der Waals surface area contributed by atoms with Gasteiger partial charge < -0.3 is 10.1 Å². The largest absolute Gasteiger partial charge is 0.389 e. The molecule has 5 heteroatoms. The van der Waals surface area contributed by atoms with Gasteiger partial charge in [-0.1, -0.05) is 11.8 Å². The predicted molar refractivity (Wildman–Crippen MR) is 64.5 cm³/mol. The van der Waals surface area contributed by atoms with Crippen LogP contribution >= 0.6 is 11.8 Å². The molecule has 2 N–H and O–H groups in total. The van der Waals surface area contributed by atoms with Gasteiger partial charge in [-0.25, -0.2) is 9.37 Å². The Morgan fingerprint density at radius 3 is 2.82 bits per heavy atom. The molecular formula is C12H13FN2OS. The van der Waals surface area contributed by atoms with Crippen LogP contribution in [0.3, 0.4) is 0 Å². The summed E-state index contributed by atoms with van der Waals surface area (Å²) in [6.45, 7) is 3.32. The SMILES string of the molecule is Cc1cc(Sc2ncc[nH]2)c([C@@H](C)O)cc1F. The van der Waals surface area contributed by atoms with Crippen LogP contribution in [0.4, 0.5) is 4.39 Å². The van der Waals surface area contributed by atoms with Gasteiger partial charge in [0.2, 0.25) is 0 Å². The lowest BCUT2D eigenvalue weighted by Crippen LogP contribution is -1.97. The van der Waals surface area contributed by atoms with Crippen molar-refractivity contribution in [3.05, 3.63) is 41.5 Å². The highest BCUT2D eigenvalue weighted by atomic mass is 32.2. The molecule has 0 aliphatic carbocycles. The van der Waals surface area contributed by atoms with Crippen molar-refractivity contribution in [2.45, 2.75) is 30.0 Å². The molecule has 1 aromatic heterocycles. The van der Waals surface area contributed by atoms with E-state index >= 15 is 0 Å². The third-order valence-electron chi connectivity index (χ3n) is 2.42. The van der Waals surface area contributed by atoms with Crippen molar-refractivity contribution < 1.29 is 9.50 Å². The third kappa shape index (κ3) is 2.68. The number of aromatic nitrogens is 2. The van der Waals surface area contributed by atoms with Crippen LogP contribution in [-0.2, 0) is 0 Å². The molecule has 1 atom stereocenters. The number of H-pyrrole nitrogens is 1. The summed E-state index contributed by atoms with van der Waals surface area (Å²) in [6, 6.07) is 3.11. The first-order valence-electron chi connectivity index (χ1n) is 5.23. The third-order valence-corrected chi connectivity index (χ3v) is 3.41. The summed E-state index contributed by atoms with van der Waals surface area (Å²) in [6.07, 6.45) is 2.67. The second kappa shape index (κ2) is 4.89. The Morgan fingerprint density at radius 2 is 2.24 bits per heavy atom. The molecule has 0 amide bonds. The molecule has 0 bridgehead atoms. The highest BCUT2D eigenvalue weighted by molar-refractivity contribution is 7.99. The van der Waals surface area contributed by atoms with Crippen LogP contribution in [-0.4, -0.2) is 15.1 Å². The van der Waals surface area contributed by atoms with E-state index in [1.165, 1.54) is 17.8 Å². The molecular weight excluding hydrogens is 239 g/mol. The molecule has 3 nitrogen and oxygen atoms in total. The van der Waals surface area contributed by atoms with Crippen molar-refractivity contribution in [3.8, 4) is 0 Å². The maximum Gasteiger partial charge on any atom is 0.170 e. The fraction of sp³-hybridized carbons (Fsp3) is 0.250. The van der Waals surface area contributed by atoms with E-state index in [-0.39, 0.29) is 5.82 Å². The highest BCUT2D eigenvalue weighted by Gasteiger charge is 2.13. The fourth-order valence-electron chi connectivity index (χ4n) is 1.50. The summed E-state index contributed by atoms with van der Waals surface area (Å²) in [5.74, 6) is -0.301. The van der Waals surface area contributed by atoms with Crippen LogP contribution in [0.15, 0.2) is 34.6 Å². The van der Waals surface area contributed by atoms with Crippen molar-refractivity contribution in [1.29, 1.82) is 0 Å². The van der Waals surface area contributed by atoms with Crippen LogP contribution in [0, 0.1) is 12.7 Å². The Balaban J connectivity index is 2.41. The van der Waals surface area contributed by atoms with Gasteiger partial charge in [-0.05, 0) is 37.1 Å². The molecule has 0 radical (unpaired) electrons. The average Bonchev–Trinajstić information content (AvgIpc) is 2.75. The van der Waals surface area contributed by atoms with Crippen molar-refractivity contribution >= 4 is 11.8 Å². The number of hydrogen-bond acceptors (Lipinski definition) is 3. The zero-order valence-corrected chi connectivity index (χ0v) is 10.4. The van der Waals surface area contributed by atoms with Gasteiger partial charge in [-0.2, -0.15) is 0 Å². The molecule has 0 aliphatic rings. The number of aryl methyl sites for hydroxylation is 1. The van der Waals surface area contributed by atoms with Crippen molar-refractivity contribution in [1.82, 2.24) is 9.97 Å². The molecule has 0 fully saturated rings. The lowest BCUT2D eigenvalue weighted by molar-refractivity contribution is 0.196. The molecule has 0 saturated carbocycles. The van der Waals surface area contributed by atoms with Crippen LogP contribution in [0.25, 0.3) is 0 Å². The number of aliphatic hydroxyl groups excluding tert-OH is 1. The van der Waals surface area contributed by atoms with Crippen LogP contribution in [0.1, 0.15) is 24.2 Å². The second-order valence-corrected chi connectivity index (χ2v) is 4.84. The first-order chi connectivity index (χ1) is 8.08. The monoisotopic (exact) mass is 252 g/mol. The van der Waals surface area contributed by atoms with E-state index in [2.05, 4.69) is 9.97 Å². The maximum absolute atomic E-state index is 13.5. The number of nitrogens with zero attached hydrogens (tertiary/aromatic N) is 1. The van der Waals surface area contributed by atoms with E-state index in [0.29, 0.717) is 11.1 Å². The first kappa shape index (κ1) is 12.1. The van der Waals surface area contributed by atoms with Crippen molar-refractivity contribution in [3.63, 3.8) is 0 Å². The van der Waals surface area contributed by atoms with Crippen molar-refractivity contribution in [2.75, 3.05) is 0 Å². The lowest BCUT2D eigenvalue weighted by atomic mass is 10.1. The van der Waals surface area contributed by atoms with Crippen LogP contribution in [0.5, 0.6) is 0 Å². The van der Waals surface area contributed by atoms with Gasteiger partial charge in [0.1, 0.15) is 5.82 Å². The molecule has 2 aromatic rings.